The molecule has 0 spiro atoms. The van der Waals surface area contributed by atoms with E-state index in [1.165, 1.54) is 36.0 Å². The number of fused-ring (bicyclic) bond motifs is 1. The van der Waals surface area contributed by atoms with Gasteiger partial charge in [-0.2, -0.15) is 0 Å². The Kier molecular flexibility index (Phi) is 6.93. The van der Waals surface area contributed by atoms with E-state index >= 15 is 0 Å². The molecule has 0 atom stereocenters. The molecule has 1 N–H and O–H groups in total. The summed E-state index contributed by atoms with van der Waals surface area (Å²) >= 11 is 1.25. The summed E-state index contributed by atoms with van der Waals surface area (Å²) in [6.07, 6.45) is 0.754. The molecule has 0 aliphatic carbocycles. The molecule has 3 aromatic rings. The van der Waals surface area contributed by atoms with Crippen molar-refractivity contribution in [1.82, 2.24) is 4.90 Å². The summed E-state index contributed by atoms with van der Waals surface area (Å²) in [4.78, 5) is 26.1. The zero-order valence-corrected chi connectivity index (χ0v) is 17.2. The third-order valence-electron chi connectivity index (χ3n) is 4.51. The monoisotopic (exact) mass is 414 g/mol. The number of benzene rings is 2. The number of hydrogen-bond acceptors (Lipinski definition) is 4. The van der Waals surface area contributed by atoms with Gasteiger partial charge in [-0.15, -0.1) is 11.8 Å². The van der Waals surface area contributed by atoms with Gasteiger partial charge in [0, 0.05) is 36.7 Å². The van der Waals surface area contributed by atoms with Gasteiger partial charge in [-0.1, -0.05) is 25.1 Å². The van der Waals surface area contributed by atoms with Crippen molar-refractivity contribution in [2.24, 2.45) is 0 Å². The summed E-state index contributed by atoms with van der Waals surface area (Å²) in [7, 11) is 1.75. The van der Waals surface area contributed by atoms with Crippen molar-refractivity contribution in [2.75, 3.05) is 23.9 Å². The van der Waals surface area contributed by atoms with Crippen LogP contribution in [0.1, 0.15) is 18.2 Å². The van der Waals surface area contributed by atoms with Crippen LogP contribution in [0.15, 0.2) is 52.9 Å². The number of carbonyl (C=O) groups is 2. The zero-order valence-electron chi connectivity index (χ0n) is 16.4. The van der Waals surface area contributed by atoms with Gasteiger partial charge in [0.2, 0.25) is 11.8 Å². The molecule has 29 heavy (non-hydrogen) atoms. The SMILES string of the molecule is CCc1oc2ccccc2c1CN(C)C(=O)CSCC(=O)Nc1ccc(F)cc1. The van der Waals surface area contributed by atoms with Crippen LogP contribution in [0.2, 0.25) is 0 Å². The van der Waals surface area contributed by atoms with Gasteiger partial charge in [0.05, 0.1) is 11.5 Å². The van der Waals surface area contributed by atoms with Crippen molar-refractivity contribution in [3.05, 3.63) is 65.7 Å². The largest absolute Gasteiger partial charge is 0.461 e. The van der Waals surface area contributed by atoms with Gasteiger partial charge in [0.15, 0.2) is 0 Å². The van der Waals surface area contributed by atoms with E-state index in [1.54, 1.807) is 11.9 Å². The Morgan fingerprint density at radius 2 is 1.83 bits per heavy atom. The fraction of sp³-hybridized carbons (Fsp3) is 0.273. The number of carbonyl (C=O) groups excluding carboxylic acids is 2. The molecule has 2 amide bonds. The van der Waals surface area contributed by atoms with Crippen LogP contribution < -0.4 is 5.32 Å². The highest BCUT2D eigenvalue weighted by Crippen LogP contribution is 2.27. The summed E-state index contributed by atoms with van der Waals surface area (Å²) in [5.74, 6) is 0.582. The summed E-state index contributed by atoms with van der Waals surface area (Å²) in [5, 5.41) is 3.70. The lowest BCUT2D eigenvalue weighted by Gasteiger charge is -2.17. The molecule has 152 valence electrons. The van der Waals surface area contributed by atoms with E-state index in [2.05, 4.69) is 5.32 Å². The number of thioether (sulfide) groups is 1. The third-order valence-corrected chi connectivity index (χ3v) is 5.43. The first-order valence-electron chi connectivity index (χ1n) is 9.34. The Bertz CT molecular complexity index is 1000. The van der Waals surface area contributed by atoms with Crippen LogP contribution >= 0.6 is 11.8 Å². The van der Waals surface area contributed by atoms with Crippen LogP contribution in [0.25, 0.3) is 11.0 Å². The molecule has 1 heterocycles. The maximum atomic E-state index is 12.9. The van der Waals surface area contributed by atoms with Gasteiger partial charge >= 0.3 is 0 Å². The van der Waals surface area contributed by atoms with Crippen LogP contribution in [0.4, 0.5) is 10.1 Å². The van der Waals surface area contributed by atoms with E-state index in [9.17, 15) is 14.0 Å². The molecule has 0 fully saturated rings. The van der Waals surface area contributed by atoms with Crippen molar-refractivity contribution < 1.29 is 18.4 Å². The van der Waals surface area contributed by atoms with E-state index in [1.807, 2.05) is 31.2 Å². The molecule has 7 heteroatoms. The standard InChI is InChI=1S/C22H23FN2O3S/c1-3-19-18(17-6-4-5-7-20(17)28-19)12-25(2)22(27)14-29-13-21(26)24-16-10-8-15(23)9-11-16/h4-11H,3,12-14H2,1-2H3,(H,24,26). The minimum Gasteiger partial charge on any atom is -0.461 e. The highest BCUT2D eigenvalue weighted by atomic mass is 32.2. The number of halogens is 1. The second-order valence-corrected chi connectivity index (χ2v) is 7.64. The molecule has 0 aliphatic rings. The Hall–Kier alpha value is -2.80. The summed E-state index contributed by atoms with van der Waals surface area (Å²) in [5.41, 5.74) is 2.38. The number of nitrogens with zero attached hydrogens (tertiary/aromatic N) is 1. The van der Waals surface area contributed by atoms with E-state index < -0.39 is 0 Å². The summed E-state index contributed by atoms with van der Waals surface area (Å²) in [6.45, 7) is 2.49. The first-order valence-corrected chi connectivity index (χ1v) is 10.5. The normalized spacial score (nSPS) is 10.9. The minimum absolute atomic E-state index is 0.0584. The predicted molar refractivity (Wildman–Crippen MR) is 114 cm³/mol. The Labute approximate surface area is 173 Å². The van der Waals surface area contributed by atoms with Gasteiger partial charge in [0.1, 0.15) is 17.2 Å². The van der Waals surface area contributed by atoms with Gasteiger partial charge < -0.3 is 14.6 Å². The number of amides is 2. The van der Waals surface area contributed by atoms with Gasteiger partial charge in [-0.05, 0) is 30.3 Å². The fourth-order valence-corrected chi connectivity index (χ4v) is 3.76. The number of anilines is 1. The van der Waals surface area contributed by atoms with Gasteiger partial charge in [0.25, 0.3) is 0 Å². The number of para-hydroxylation sites is 1. The van der Waals surface area contributed by atoms with Crippen LogP contribution in [-0.4, -0.2) is 35.3 Å². The number of aryl methyl sites for hydroxylation is 1. The third kappa shape index (κ3) is 5.38. The molecule has 0 saturated carbocycles. The molecule has 0 radical (unpaired) electrons. The van der Waals surface area contributed by atoms with E-state index in [-0.39, 0.29) is 29.1 Å². The Balaban J connectivity index is 1.51. The van der Waals surface area contributed by atoms with E-state index in [4.69, 9.17) is 4.42 Å². The number of rotatable bonds is 8. The minimum atomic E-state index is -0.359. The van der Waals surface area contributed by atoms with E-state index in [0.29, 0.717) is 12.2 Å². The summed E-state index contributed by atoms with van der Waals surface area (Å²) < 4.78 is 18.8. The second-order valence-electron chi connectivity index (χ2n) is 6.65. The van der Waals surface area contributed by atoms with Gasteiger partial charge in [-0.25, -0.2) is 4.39 Å². The smallest absolute Gasteiger partial charge is 0.234 e. The lowest BCUT2D eigenvalue weighted by atomic mass is 10.1. The Morgan fingerprint density at radius 1 is 1.10 bits per heavy atom. The number of furan rings is 1. The maximum Gasteiger partial charge on any atom is 0.234 e. The molecule has 5 nitrogen and oxygen atoms in total. The van der Waals surface area contributed by atoms with Crippen molar-refractivity contribution in [3.63, 3.8) is 0 Å². The van der Waals surface area contributed by atoms with Crippen LogP contribution in [0.5, 0.6) is 0 Å². The first kappa shape index (κ1) is 20.9. The van der Waals surface area contributed by atoms with Crippen molar-refractivity contribution in [2.45, 2.75) is 19.9 Å². The average Bonchev–Trinajstić information content (AvgIpc) is 3.07. The fourth-order valence-electron chi connectivity index (χ4n) is 3.01. The first-order chi connectivity index (χ1) is 14.0. The van der Waals surface area contributed by atoms with Crippen LogP contribution in [0, 0.1) is 5.82 Å². The molecule has 1 aromatic heterocycles. The molecule has 3 rings (SSSR count). The molecule has 0 aliphatic heterocycles. The molecule has 0 unspecified atom stereocenters. The van der Waals surface area contributed by atoms with Crippen LogP contribution in [0.3, 0.4) is 0 Å². The van der Waals surface area contributed by atoms with E-state index in [0.717, 1.165) is 28.7 Å². The van der Waals surface area contributed by atoms with Crippen molar-refractivity contribution in [3.8, 4) is 0 Å². The molecule has 0 bridgehead atoms. The van der Waals surface area contributed by atoms with Gasteiger partial charge in [-0.3, -0.25) is 9.59 Å². The topological polar surface area (TPSA) is 62.6 Å². The molecule has 0 saturated heterocycles. The Morgan fingerprint density at radius 3 is 2.55 bits per heavy atom. The predicted octanol–water partition coefficient (Wildman–Crippen LogP) is 4.46. The highest BCUT2D eigenvalue weighted by molar-refractivity contribution is 8.00. The lowest BCUT2D eigenvalue weighted by Crippen LogP contribution is -2.28. The zero-order chi connectivity index (χ0) is 20.8. The lowest BCUT2D eigenvalue weighted by molar-refractivity contribution is -0.127. The quantitative estimate of drug-likeness (QED) is 0.591. The molecular formula is C22H23FN2O3S. The maximum absolute atomic E-state index is 12.9. The number of nitrogens with one attached hydrogen (secondary N) is 1. The summed E-state index contributed by atoms with van der Waals surface area (Å²) in [6, 6.07) is 13.4. The van der Waals surface area contributed by atoms with Crippen LogP contribution in [-0.2, 0) is 22.6 Å². The van der Waals surface area contributed by atoms with Crippen molar-refractivity contribution >= 4 is 40.2 Å². The molecular weight excluding hydrogens is 391 g/mol. The highest BCUT2D eigenvalue weighted by Gasteiger charge is 2.17. The number of hydrogen-bond donors (Lipinski definition) is 1. The second kappa shape index (κ2) is 9.60. The molecule has 2 aromatic carbocycles. The van der Waals surface area contributed by atoms with Crippen molar-refractivity contribution in [1.29, 1.82) is 0 Å². The average molecular weight is 415 g/mol.